The molecule has 2 aromatic carbocycles. The molecule has 9 rings (SSSR count). The van der Waals surface area contributed by atoms with Crippen molar-refractivity contribution < 1.29 is 33.4 Å². The number of amides is 5. The van der Waals surface area contributed by atoms with Gasteiger partial charge in [-0.2, -0.15) is 0 Å². The lowest BCUT2D eigenvalue weighted by atomic mass is 9.34. The third-order valence-electron chi connectivity index (χ3n) is 12.8. The summed E-state index contributed by atoms with van der Waals surface area (Å²) in [6.07, 6.45) is 8.91. The first-order chi connectivity index (χ1) is 29.3. The van der Waals surface area contributed by atoms with Crippen molar-refractivity contribution in [3.8, 4) is 22.6 Å². The van der Waals surface area contributed by atoms with Gasteiger partial charge in [0.25, 0.3) is 17.4 Å². The number of imide groups is 2. The minimum atomic E-state index is -0.994. The minimum absolute atomic E-state index is 0.0735. The number of aromatic nitrogens is 2. The number of nitrogens with zero attached hydrogens (tertiary/aromatic N) is 4. The number of hydrogen-bond acceptors (Lipinski definition) is 12. The Labute approximate surface area is 353 Å². The molecule has 2 aromatic heterocycles. The normalized spacial score (nSPS) is 21.5. The van der Waals surface area contributed by atoms with Crippen molar-refractivity contribution in [2.24, 2.45) is 17.9 Å². The number of carbonyl (C=O) groups excluding carboxylic acids is 5. The largest absolute Gasteiger partial charge is 0.496 e. The lowest BCUT2D eigenvalue weighted by Gasteiger charge is -2.70. The van der Waals surface area contributed by atoms with E-state index in [0.717, 1.165) is 72.0 Å². The monoisotopic (exact) mass is 832 g/mol. The van der Waals surface area contributed by atoms with Gasteiger partial charge in [0.2, 0.25) is 17.7 Å². The highest BCUT2D eigenvalue weighted by Crippen LogP contribution is 2.73. The molecule has 1 saturated heterocycles. The van der Waals surface area contributed by atoms with Crippen molar-refractivity contribution in [1.82, 2.24) is 30.0 Å². The topological polar surface area (TPSA) is 193 Å². The molecule has 4 fully saturated rings. The van der Waals surface area contributed by atoms with E-state index in [1.807, 2.05) is 18.3 Å². The number of nitrogens with one attached hydrogen (secondary N) is 4. The van der Waals surface area contributed by atoms with Gasteiger partial charge in [-0.3, -0.25) is 39.0 Å². The number of pyridine rings is 2. The Bertz CT molecular complexity index is 2490. The summed E-state index contributed by atoms with van der Waals surface area (Å²) in [5.41, 5.74) is 3.53. The average molecular weight is 833 g/mol. The zero-order valence-corrected chi connectivity index (χ0v) is 35.2. The van der Waals surface area contributed by atoms with Crippen LogP contribution in [0.2, 0.25) is 0 Å². The van der Waals surface area contributed by atoms with Crippen molar-refractivity contribution >= 4 is 51.8 Å². The second-order valence-corrected chi connectivity index (χ2v) is 17.1. The first kappa shape index (κ1) is 41.4. The summed E-state index contributed by atoms with van der Waals surface area (Å²) in [5.74, 6) is 0.0257. The number of hydrogen-bond donors (Lipinski definition) is 4. The van der Waals surface area contributed by atoms with Crippen molar-refractivity contribution in [1.29, 1.82) is 0 Å². The van der Waals surface area contributed by atoms with Gasteiger partial charge < -0.3 is 34.9 Å². The van der Waals surface area contributed by atoms with E-state index in [-0.39, 0.29) is 46.3 Å². The molecule has 0 radical (unpaired) electrons. The van der Waals surface area contributed by atoms with E-state index >= 15 is 0 Å². The molecule has 4 N–H and O–H groups in total. The second-order valence-electron chi connectivity index (χ2n) is 17.1. The quantitative estimate of drug-likeness (QED) is 0.0883. The molecule has 61 heavy (non-hydrogen) atoms. The predicted molar refractivity (Wildman–Crippen MR) is 229 cm³/mol. The van der Waals surface area contributed by atoms with Gasteiger partial charge in [0.05, 0.1) is 41.7 Å². The van der Waals surface area contributed by atoms with E-state index in [4.69, 9.17) is 9.47 Å². The number of fused-ring (bicyclic) bond motifs is 2. The van der Waals surface area contributed by atoms with Crippen molar-refractivity contribution in [3.63, 3.8) is 0 Å². The van der Waals surface area contributed by atoms with Gasteiger partial charge in [0.15, 0.2) is 0 Å². The molecule has 2 bridgehead atoms. The molecule has 4 heterocycles. The number of rotatable bonds is 17. The van der Waals surface area contributed by atoms with Crippen LogP contribution in [0.1, 0.15) is 77.6 Å². The number of anilines is 2. The van der Waals surface area contributed by atoms with Gasteiger partial charge in [-0.15, -0.1) is 0 Å². The molecule has 16 nitrogen and oxygen atoms in total. The Kier molecular flexibility index (Phi) is 11.1. The lowest BCUT2D eigenvalue weighted by Crippen LogP contribution is -2.70. The van der Waals surface area contributed by atoms with Crippen LogP contribution in [0.5, 0.6) is 11.5 Å². The smallest absolute Gasteiger partial charge is 0.262 e. The van der Waals surface area contributed by atoms with Gasteiger partial charge in [-0.25, -0.2) is 4.98 Å². The number of carbonyl (C=O) groups is 5. The van der Waals surface area contributed by atoms with Gasteiger partial charge in [-0.1, -0.05) is 0 Å². The van der Waals surface area contributed by atoms with E-state index in [2.05, 4.69) is 38.2 Å². The van der Waals surface area contributed by atoms with Crippen LogP contribution in [-0.2, 0) is 28.0 Å². The van der Waals surface area contributed by atoms with Crippen molar-refractivity contribution in [2.45, 2.75) is 64.0 Å². The number of aryl methyl sites for hydroxylation is 1. The van der Waals surface area contributed by atoms with Crippen molar-refractivity contribution in [3.05, 3.63) is 75.8 Å². The van der Waals surface area contributed by atoms with E-state index in [9.17, 15) is 28.8 Å². The summed E-state index contributed by atoms with van der Waals surface area (Å²) in [5, 5.41) is 13.0. The third-order valence-corrected chi connectivity index (χ3v) is 12.8. The van der Waals surface area contributed by atoms with Crippen molar-refractivity contribution in [2.75, 3.05) is 58.6 Å². The van der Waals surface area contributed by atoms with E-state index in [1.54, 1.807) is 63.3 Å². The van der Waals surface area contributed by atoms with Crippen LogP contribution in [0.3, 0.4) is 0 Å². The summed E-state index contributed by atoms with van der Waals surface area (Å²) in [7, 11) is 8.89. The van der Waals surface area contributed by atoms with Crippen LogP contribution in [-0.4, -0.2) is 103 Å². The first-order valence-electron chi connectivity index (χ1n) is 20.8. The molecular formula is C45H52N8O8. The van der Waals surface area contributed by atoms with E-state index in [1.165, 1.54) is 0 Å². The fraction of sp³-hybridized carbons (Fsp3) is 0.444. The first-order valence-corrected chi connectivity index (χ1v) is 20.8. The Balaban J connectivity index is 0.781. The van der Waals surface area contributed by atoms with Crippen LogP contribution in [0.25, 0.3) is 21.9 Å². The standard InChI is InChI=1S/C45H52N8O8/c1-46-37-18-30-31(19-49-37)32(21-52(3)40(30)56)26-15-35(60-4)33(36(16-26)61-5)20-51(2)25-44-22-45(23-44,24-44)43(59)48-14-8-6-7-13-47-27-9-10-28-29(17-27)42(58)53(41(28)57)34-11-12-38(54)50-39(34)55/h9-10,15-19,21,34,47H,6-8,11-14,20,22-25H2,1-5H3,(H,46,49)(H,48,59)(H,50,54,55). The molecule has 2 aliphatic heterocycles. The number of unbranched alkanes of at least 4 members (excludes halogenated alkanes) is 2. The van der Waals surface area contributed by atoms with Gasteiger partial charge in [0, 0.05) is 75.7 Å². The molecule has 3 saturated carbocycles. The zero-order valence-electron chi connectivity index (χ0n) is 35.2. The number of benzene rings is 2. The molecule has 4 aromatic rings. The van der Waals surface area contributed by atoms with Crippen LogP contribution in [0.4, 0.5) is 11.5 Å². The Morgan fingerprint density at radius 3 is 2.31 bits per heavy atom. The predicted octanol–water partition coefficient (Wildman–Crippen LogP) is 4.06. The second kappa shape index (κ2) is 16.3. The summed E-state index contributed by atoms with van der Waals surface area (Å²) in [6.45, 7) is 2.70. The van der Waals surface area contributed by atoms with Crippen LogP contribution < -0.4 is 36.3 Å². The Morgan fingerprint density at radius 2 is 1.62 bits per heavy atom. The summed E-state index contributed by atoms with van der Waals surface area (Å²) < 4.78 is 13.4. The lowest BCUT2D eigenvalue weighted by molar-refractivity contribution is -0.213. The van der Waals surface area contributed by atoms with Gasteiger partial charge in [0.1, 0.15) is 23.4 Å². The highest BCUT2D eigenvalue weighted by Gasteiger charge is 2.71. The zero-order chi connectivity index (χ0) is 43.2. The maximum Gasteiger partial charge on any atom is 0.262 e. The SMILES string of the molecule is CNc1cc2c(=O)n(C)cc(-c3cc(OC)c(CN(C)CC45CC(C(=O)NCCCCCNc6ccc7c(c6)C(=O)N(C6CCC(=O)NC6=O)C7=O)(C4)C5)c(OC)c3)c2cn1. The molecule has 3 aliphatic carbocycles. The van der Waals surface area contributed by atoms with Gasteiger partial charge >= 0.3 is 0 Å². The molecule has 1 atom stereocenters. The fourth-order valence-electron chi connectivity index (χ4n) is 9.96. The highest BCUT2D eigenvalue weighted by atomic mass is 16.5. The Hall–Kier alpha value is -6.29. The maximum absolute atomic E-state index is 13.3. The van der Waals surface area contributed by atoms with E-state index < -0.39 is 29.7 Å². The third kappa shape index (κ3) is 7.57. The maximum atomic E-state index is 13.3. The van der Waals surface area contributed by atoms with Gasteiger partial charge in [-0.05, 0) is 99.4 Å². The fourth-order valence-corrected chi connectivity index (χ4v) is 9.96. The average Bonchev–Trinajstić information content (AvgIpc) is 3.46. The molecule has 16 heteroatoms. The summed E-state index contributed by atoms with van der Waals surface area (Å²) >= 11 is 0. The molecule has 1 unspecified atom stereocenters. The number of piperidine rings is 1. The minimum Gasteiger partial charge on any atom is -0.496 e. The van der Waals surface area contributed by atoms with Crippen LogP contribution in [0.15, 0.2) is 53.6 Å². The summed E-state index contributed by atoms with van der Waals surface area (Å²) in [4.78, 5) is 84.0. The molecule has 0 spiro atoms. The van der Waals surface area contributed by atoms with Crippen LogP contribution in [0, 0.1) is 10.8 Å². The van der Waals surface area contributed by atoms with Crippen LogP contribution >= 0.6 is 0 Å². The molecule has 5 amide bonds. The number of methoxy groups -OCH3 is 2. The molecule has 5 aliphatic rings. The van der Waals surface area contributed by atoms with E-state index in [0.29, 0.717) is 48.0 Å². The Morgan fingerprint density at radius 1 is 0.918 bits per heavy atom. The number of ether oxygens (including phenoxy) is 2. The molecular weight excluding hydrogens is 781 g/mol. The summed E-state index contributed by atoms with van der Waals surface area (Å²) in [6, 6.07) is 9.71. The molecule has 320 valence electrons. The highest BCUT2D eigenvalue weighted by molar-refractivity contribution is 6.23.